The molecule has 4 nitrogen and oxygen atoms in total. The van der Waals surface area contributed by atoms with Crippen LogP contribution in [0, 0.1) is 13.8 Å². The monoisotopic (exact) mass is 296 g/mol. The van der Waals surface area contributed by atoms with Gasteiger partial charge in [-0.15, -0.1) is 11.3 Å². The highest BCUT2D eigenvalue weighted by atomic mass is 35.5. The van der Waals surface area contributed by atoms with Gasteiger partial charge in [0.2, 0.25) is 0 Å². The molecular weight excluding hydrogens is 284 g/mol. The Balaban J connectivity index is 1.86. The van der Waals surface area contributed by atoms with Gasteiger partial charge in [0.15, 0.2) is 11.7 Å². The van der Waals surface area contributed by atoms with Gasteiger partial charge in [0.05, 0.1) is 5.69 Å². The van der Waals surface area contributed by atoms with Gasteiger partial charge in [-0.2, -0.15) is 0 Å². The van der Waals surface area contributed by atoms with Gasteiger partial charge in [-0.25, -0.2) is 4.98 Å². The van der Waals surface area contributed by atoms with Gasteiger partial charge in [0.1, 0.15) is 5.75 Å². The van der Waals surface area contributed by atoms with E-state index in [2.05, 4.69) is 10.3 Å². The number of hydrogen-bond donors (Lipinski definition) is 1. The number of anilines is 1. The van der Waals surface area contributed by atoms with Gasteiger partial charge >= 0.3 is 0 Å². The predicted octanol–water partition coefficient (Wildman–Crippen LogP) is 3.43. The maximum Gasteiger partial charge on any atom is 0.264 e. The van der Waals surface area contributed by atoms with E-state index < -0.39 is 0 Å². The minimum absolute atomic E-state index is 0.0562. The summed E-state index contributed by atoms with van der Waals surface area (Å²) in [5.41, 5.74) is 0.930. The van der Waals surface area contributed by atoms with Gasteiger partial charge in [0, 0.05) is 9.90 Å². The molecule has 6 heteroatoms. The smallest absolute Gasteiger partial charge is 0.264 e. The molecular formula is C13H13ClN2O2S. The van der Waals surface area contributed by atoms with E-state index in [1.54, 1.807) is 24.3 Å². The summed E-state index contributed by atoms with van der Waals surface area (Å²) in [6, 6.07) is 6.85. The minimum Gasteiger partial charge on any atom is -0.484 e. The van der Waals surface area contributed by atoms with Crippen LogP contribution in [0.25, 0.3) is 0 Å². The number of carbonyl (C=O) groups is 1. The van der Waals surface area contributed by atoms with E-state index in [1.165, 1.54) is 11.3 Å². The van der Waals surface area contributed by atoms with Gasteiger partial charge in [-0.05, 0) is 38.1 Å². The molecule has 0 aliphatic carbocycles. The number of nitrogens with one attached hydrogen (secondary N) is 1. The van der Waals surface area contributed by atoms with E-state index in [4.69, 9.17) is 16.3 Å². The molecule has 1 heterocycles. The Morgan fingerprint density at radius 3 is 2.63 bits per heavy atom. The van der Waals surface area contributed by atoms with Crippen LogP contribution in [0.1, 0.15) is 10.6 Å². The van der Waals surface area contributed by atoms with Crippen LogP contribution in [0.5, 0.6) is 5.75 Å². The van der Waals surface area contributed by atoms with Crippen LogP contribution in [0.15, 0.2) is 24.3 Å². The van der Waals surface area contributed by atoms with Crippen molar-refractivity contribution < 1.29 is 9.53 Å². The summed E-state index contributed by atoms with van der Waals surface area (Å²) in [7, 11) is 0. The zero-order chi connectivity index (χ0) is 13.8. The van der Waals surface area contributed by atoms with Crippen molar-refractivity contribution in [2.45, 2.75) is 13.8 Å². The lowest BCUT2D eigenvalue weighted by Crippen LogP contribution is -2.20. The van der Waals surface area contributed by atoms with Crippen LogP contribution in [-0.2, 0) is 4.79 Å². The standard InChI is InChI=1S/C13H13ClN2O2S/c1-8-9(2)19-13(15-8)16-12(17)7-18-11-5-3-10(14)4-6-11/h3-6H,7H2,1-2H3,(H,15,16,17). The lowest BCUT2D eigenvalue weighted by Gasteiger charge is -2.05. The highest BCUT2D eigenvalue weighted by molar-refractivity contribution is 7.15. The van der Waals surface area contributed by atoms with Gasteiger partial charge in [0.25, 0.3) is 5.91 Å². The van der Waals surface area contributed by atoms with E-state index in [-0.39, 0.29) is 12.5 Å². The number of aromatic nitrogens is 1. The first kappa shape index (κ1) is 13.8. The van der Waals surface area contributed by atoms with Crippen molar-refractivity contribution in [3.05, 3.63) is 39.9 Å². The molecule has 1 aromatic heterocycles. The van der Waals surface area contributed by atoms with Crippen molar-refractivity contribution >= 4 is 34.0 Å². The fourth-order valence-corrected chi connectivity index (χ4v) is 2.32. The van der Waals surface area contributed by atoms with Crippen molar-refractivity contribution in [3.63, 3.8) is 0 Å². The fourth-order valence-electron chi connectivity index (χ4n) is 1.36. The van der Waals surface area contributed by atoms with Crippen LogP contribution < -0.4 is 10.1 Å². The molecule has 0 bridgehead atoms. The SMILES string of the molecule is Cc1nc(NC(=O)COc2ccc(Cl)cc2)sc1C. The average molecular weight is 297 g/mol. The average Bonchev–Trinajstić information content (AvgIpc) is 2.67. The van der Waals surface area contributed by atoms with E-state index in [9.17, 15) is 4.79 Å². The number of carbonyl (C=O) groups excluding carboxylic acids is 1. The number of hydrogen-bond acceptors (Lipinski definition) is 4. The molecule has 0 aliphatic heterocycles. The Kier molecular flexibility index (Phi) is 4.39. The third kappa shape index (κ3) is 3.94. The van der Waals surface area contributed by atoms with Crippen molar-refractivity contribution in [1.82, 2.24) is 4.98 Å². The number of thiazole rings is 1. The molecule has 1 amide bonds. The first-order valence-electron chi connectivity index (χ1n) is 5.67. The van der Waals surface area contributed by atoms with Gasteiger partial charge in [-0.3, -0.25) is 10.1 Å². The van der Waals surface area contributed by atoms with Crippen LogP contribution in [0.3, 0.4) is 0 Å². The Bertz CT molecular complexity index is 561. The molecule has 2 aromatic rings. The van der Waals surface area contributed by atoms with E-state index in [1.807, 2.05) is 13.8 Å². The number of aryl methyl sites for hydroxylation is 2. The summed E-state index contributed by atoms with van der Waals surface area (Å²) in [5.74, 6) is 0.370. The molecule has 0 unspecified atom stereocenters. The molecule has 1 N–H and O–H groups in total. The highest BCUT2D eigenvalue weighted by Crippen LogP contribution is 2.21. The molecule has 0 atom stereocenters. The molecule has 100 valence electrons. The Morgan fingerprint density at radius 2 is 2.05 bits per heavy atom. The first-order valence-corrected chi connectivity index (χ1v) is 6.86. The molecule has 0 saturated heterocycles. The topological polar surface area (TPSA) is 51.2 Å². The largest absolute Gasteiger partial charge is 0.484 e. The normalized spacial score (nSPS) is 10.3. The van der Waals surface area contributed by atoms with E-state index in [0.29, 0.717) is 15.9 Å². The van der Waals surface area contributed by atoms with Crippen LogP contribution in [0.2, 0.25) is 5.02 Å². The Morgan fingerprint density at radius 1 is 1.37 bits per heavy atom. The molecule has 0 spiro atoms. The second-order valence-electron chi connectivity index (χ2n) is 3.95. The minimum atomic E-state index is -0.233. The lowest BCUT2D eigenvalue weighted by molar-refractivity contribution is -0.118. The zero-order valence-corrected chi connectivity index (χ0v) is 12.1. The zero-order valence-electron chi connectivity index (χ0n) is 10.6. The molecule has 0 saturated carbocycles. The molecule has 2 rings (SSSR count). The molecule has 0 radical (unpaired) electrons. The van der Waals surface area contributed by atoms with Gasteiger partial charge in [-0.1, -0.05) is 11.6 Å². The fraction of sp³-hybridized carbons (Fsp3) is 0.231. The number of nitrogens with zero attached hydrogens (tertiary/aromatic N) is 1. The third-order valence-electron chi connectivity index (χ3n) is 2.46. The first-order chi connectivity index (χ1) is 9.04. The molecule has 1 aromatic carbocycles. The lowest BCUT2D eigenvalue weighted by atomic mass is 10.3. The summed E-state index contributed by atoms with van der Waals surface area (Å²) in [5, 5.41) is 3.93. The maximum atomic E-state index is 11.7. The maximum absolute atomic E-state index is 11.7. The van der Waals surface area contributed by atoms with Crippen molar-refractivity contribution in [2.24, 2.45) is 0 Å². The number of rotatable bonds is 4. The molecule has 0 fully saturated rings. The molecule has 19 heavy (non-hydrogen) atoms. The van der Waals surface area contributed by atoms with E-state index in [0.717, 1.165) is 10.6 Å². The van der Waals surface area contributed by atoms with Crippen molar-refractivity contribution in [2.75, 3.05) is 11.9 Å². The predicted molar refractivity (Wildman–Crippen MR) is 77.2 cm³/mol. The summed E-state index contributed by atoms with van der Waals surface area (Å²) in [4.78, 5) is 17.0. The van der Waals surface area contributed by atoms with Crippen LogP contribution in [-0.4, -0.2) is 17.5 Å². The van der Waals surface area contributed by atoms with Gasteiger partial charge < -0.3 is 4.74 Å². The molecule has 0 aliphatic rings. The second kappa shape index (κ2) is 6.04. The van der Waals surface area contributed by atoms with Crippen LogP contribution in [0.4, 0.5) is 5.13 Å². The number of benzene rings is 1. The number of amides is 1. The number of ether oxygens (including phenoxy) is 1. The Labute approximate surface area is 120 Å². The summed E-state index contributed by atoms with van der Waals surface area (Å²) < 4.78 is 5.34. The highest BCUT2D eigenvalue weighted by Gasteiger charge is 2.08. The second-order valence-corrected chi connectivity index (χ2v) is 5.59. The number of halogens is 1. The quantitative estimate of drug-likeness (QED) is 0.940. The Hall–Kier alpha value is -1.59. The summed E-state index contributed by atoms with van der Waals surface area (Å²) in [6.45, 7) is 3.82. The third-order valence-corrected chi connectivity index (χ3v) is 3.70. The van der Waals surface area contributed by atoms with Crippen LogP contribution >= 0.6 is 22.9 Å². The van der Waals surface area contributed by atoms with Crippen molar-refractivity contribution in [3.8, 4) is 5.75 Å². The van der Waals surface area contributed by atoms with Crippen molar-refractivity contribution in [1.29, 1.82) is 0 Å². The summed E-state index contributed by atoms with van der Waals surface area (Å²) in [6.07, 6.45) is 0. The van der Waals surface area contributed by atoms with E-state index >= 15 is 0 Å². The summed E-state index contributed by atoms with van der Waals surface area (Å²) >= 11 is 7.21.